The van der Waals surface area contributed by atoms with Gasteiger partial charge in [-0.3, -0.25) is 4.79 Å². The zero-order valence-electron chi connectivity index (χ0n) is 6.91. The van der Waals surface area contributed by atoms with Gasteiger partial charge in [0.25, 0.3) is 0 Å². The molecule has 1 aromatic carbocycles. The molecule has 0 spiro atoms. The van der Waals surface area contributed by atoms with Crippen LogP contribution in [-0.4, -0.2) is 18.6 Å². The molecule has 0 amide bonds. The highest BCUT2D eigenvalue weighted by atomic mass is 32.2. The maximum Gasteiger partial charge on any atom is 0.177 e. The normalized spacial score (nSPS) is 9.83. The third-order valence-electron chi connectivity index (χ3n) is 1.59. The number of carbonyl (C=O) groups is 1. The molecule has 64 valence electrons. The summed E-state index contributed by atoms with van der Waals surface area (Å²) in [7, 11) is 0. The predicted octanol–water partition coefficient (Wildman–Crippen LogP) is 1.55. The van der Waals surface area contributed by atoms with E-state index in [1.807, 2.05) is 24.5 Å². The third kappa shape index (κ3) is 1.87. The monoisotopic (exact) mass is 181 g/mol. The van der Waals surface area contributed by atoms with Crippen LogP contribution < -0.4 is 5.73 Å². The van der Waals surface area contributed by atoms with Crippen molar-refractivity contribution in [2.75, 3.05) is 12.8 Å². The van der Waals surface area contributed by atoms with Gasteiger partial charge in [-0.05, 0) is 12.3 Å². The van der Waals surface area contributed by atoms with Crippen LogP contribution in [-0.2, 0) is 0 Å². The number of Topliss-reactive ketones (excluding diaryl/α,β-unsaturated/α-hetero) is 1. The Bertz CT molecular complexity index is 286. The minimum Gasteiger partial charge on any atom is -0.324 e. The van der Waals surface area contributed by atoms with Gasteiger partial charge < -0.3 is 5.73 Å². The highest BCUT2D eigenvalue weighted by molar-refractivity contribution is 7.98. The molecule has 0 atom stereocenters. The fourth-order valence-electron chi connectivity index (χ4n) is 0.985. The molecule has 0 aliphatic heterocycles. The van der Waals surface area contributed by atoms with Crippen molar-refractivity contribution in [2.45, 2.75) is 4.90 Å². The number of thioether (sulfide) groups is 1. The molecule has 2 N–H and O–H groups in total. The Morgan fingerprint density at radius 2 is 2.17 bits per heavy atom. The number of rotatable bonds is 3. The molecule has 0 heterocycles. The Kier molecular flexibility index (Phi) is 3.31. The Morgan fingerprint density at radius 3 is 2.75 bits per heavy atom. The molecule has 0 fully saturated rings. The minimum absolute atomic E-state index is 0.0000463. The van der Waals surface area contributed by atoms with Gasteiger partial charge in [-0.1, -0.05) is 18.2 Å². The maximum absolute atomic E-state index is 11.3. The summed E-state index contributed by atoms with van der Waals surface area (Å²) in [6, 6.07) is 7.50. The third-order valence-corrected chi connectivity index (χ3v) is 2.39. The van der Waals surface area contributed by atoms with Crippen LogP contribution in [0.2, 0.25) is 0 Å². The highest BCUT2D eigenvalue weighted by Gasteiger charge is 2.06. The molecular formula is C9H11NOS. The Hall–Kier alpha value is -0.800. The van der Waals surface area contributed by atoms with Gasteiger partial charge in [-0.2, -0.15) is 0 Å². The first kappa shape index (κ1) is 9.29. The number of benzene rings is 1. The molecule has 0 aliphatic carbocycles. The molecule has 1 rings (SSSR count). The Morgan fingerprint density at radius 1 is 1.50 bits per heavy atom. The molecule has 0 saturated heterocycles. The first-order valence-corrected chi connectivity index (χ1v) is 4.88. The molecule has 0 aromatic heterocycles. The van der Waals surface area contributed by atoms with Crippen molar-refractivity contribution in [3.05, 3.63) is 29.8 Å². The lowest BCUT2D eigenvalue weighted by atomic mass is 10.1. The van der Waals surface area contributed by atoms with Gasteiger partial charge in [0.05, 0.1) is 6.54 Å². The number of nitrogens with two attached hydrogens (primary N) is 1. The van der Waals surface area contributed by atoms with Crippen LogP contribution in [0, 0.1) is 0 Å². The van der Waals surface area contributed by atoms with Gasteiger partial charge in [0.1, 0.15) is 0 Å². The summed E-state index contributed by atoms with van der Waals surface area (Å²) in [5.74, 6) is -0.0000463. The first-order valence-electron chi connectivity index (χ1n) is 3.66. The van der Waals surface area contributed by atoms with E-state index in [1.165, 1.54) is 0 Å². The van der Waals surface area contributed by atoms with Crippen molar-refractivity contribution < 1.29 is 4.79 Å². The topological polar surface area (TPSA) is 43.1 Å². The van der Waals surface area contributed by atoms with Crippen molar-refractivity contribution in [1.29, 1.82) is 0 Å². The quantitative estimate of drug-likeness (QED) is 0.568. The number of hydrogen-bond donors (Lipinski definition) is 1. The van der Waals surface area contributed by atoms with Crippen molar-refractivity contribution in [3.8, 4) is 0 Å². The molecule has 12 heavy (non-hydrogen) atoms. The van der Waals surface area contributed by atoms with Crippen LogP contribution in [0.25, 0.3) is 0 Å². The van der Waals surface area contributed by atoms with Gasteiger partial charge >= 0.3 is 0 Å². The van der Waals surface area contributed by atoms with Gasteiger partial charge in [-0.15, -0.1) is 11.8 Å². The lowest BCUT2D eigenvalue weighted by Crippen LogP contribution is -2.14. The van der Waals surface area contributed by atoms with Gasteiger partial charge in [0.15, 0.2) is 5.78 Å². The second kappa shape index (κ2) is 4.28. The lowest BCUT2D eigenvalue weighted by molar-refractivity contribution is 0.0998. The van der Waals surface area contributed by atoms with E-state index in [9.17, 15) is 4.79 Å². The highest BCUT2D eigenvalue weighted by Crippen LogP contribution is 2.19. The van der Waals surface area contributed by atoms with Crippen LogP contribution in [0.4, 0.5) is 0 Å². The average Bonchev–Trinajstić information content (AvgIpc) is 2.16. The van der Waals surface area contributed by atoms with E-state index in [-0.39, 0.29) is 12.3 Å². The zero-order chi connectivity index (χ0) is 8.97. The molecule has 0 unspecified atom stereocenters. The zero-order valence-corrected chi connectivity index (χ0v) is 7.73. The van der Waals surface area contributed by atoms with E-state index in [2.05, 4.69) is 0 Å². The molecule has 0 radical (unpaired) electrons. The van der Waals surface area contributed by atoms with E-state index in [0.717, 1.165) is 10.5 Å². The largest absolute Gasteiger partial charge is 0.324 e. The standard InChI is InChI=1S/C9H11NOS/c1-12-9-5-3-2-4-7(9)8(11)6-10/h2-5H,6,10H2,1H3. The van der Waals surface area contributed by atoms with Crippen molar-refractivity contribution in [1.82, 2.24) is 0 Å². The second-order valence-electron chi connectivity index (χ2n) is 2.33. The first-order chi connectivity index (χ1) is 5.79. The summed E-state index contributed by atoms with van der Waals surface area (Å²) in [5.41, 5.74) is 6.00. The summed E-state index contributed by atoms with van der Waals surface area (Å²) in [6.45, 7) is 0.0809. The van der Waals surface area contributed by atoms with Gasteiger partial charge in [-0.25, -0.2) is 0 Å². The lowest BCUT2D eigenvalue weighted by Gasteiger charge is -2.03. The van der Waals surface area contributed by atoms with E-state index in [4.69, 9.17) is 5.73 Å². The summed E-state index contributed by atoms with van der Waals surface area (Å²) in [5, 5.41) is 0. The fourth-order valence-corrected chi connectivity index (χ4v) is 1.60. The van der Waals surface area contributed by atoms with E-state index < -0.39 is 0 Å². The molecule has 2 nitrogen and oxygen atoms in total. The van der Waals surface area contributed by atoms with Crippen molar-refractivity contribution in [2.24, 2.45) is 5.73 Å². The number of ketones is 1. The van der Waals surface area contributed by atoms with Gasteiger partial charge in [0.2, 0.25) is 0 Å². The minimum atomic E-state index is -0.0000463. The molecule has 0 saturated carbocycles. The van der Waals surface area contributed by atoms with Crippen LogP contribution >= 0.6 is 11.8 Å². The summed E-state index contributed by atoms with van der Waals surface area (Å²) < 4.78 is 0. The van der Waals surface area contributed by atoms with Crippen molar-refractivity contribution in [3.63, 3.8) is 0 Å². The SMILES string of the molecule is CSc1ccccc1C(=O)CN. The Labute approximate surface area is 76.2 Å². The Balaban J connectivity index is 3.04. The van der Waals surface area contributed by atoms with E-state index >= 15 is 0 Å². The van der Waals surface area contributed by atoms with Crippen LogP contribution in [0.15, 0.2) is 29.2 Å². The van der Waals surface area contributed by atoms with Crippen LogP contribution in [0.1, 0.15) is 10.4 Å². The maximum atomic E-state index is 11.3. The summed E-state index contributed by atoms with van der Waals surface area (Å²) in [4.78, 5) is 12.2. The number of carbonyl (C=O) groups excluding carboxylic acids is 1. The van der Waals surface area contributed by atoms with Crippen molar-refractivity contribution >= 4 is 17.5 Å². The molecule has 0 bridgehead atoms. The molecule has 3 heteroatoms. The van der Waals surface area contributed by atoms with Gasteiger partial charge in [0, 0.05) is 10.5 Å². The fraction of sp³-hybridized carbons (Fsp3) is 0.222. The molecular weight excluding hydrogens is 170 g/mol. The molecule has 1 aromatic rings. The van der Waals surface area contributed by atoms with Crippen LogP contribution in [0.3, 0.4) is 0 Å². The number of hydrogen-bond acceptors (Lipinski definition) is 3. The average molecular weight is 181 g/mol. The second-order valence-corrected chi connectivity index (χ2v) is 3.18. The molecule has 0 aliphatic rings. The van der Waals surface area contributed by atoms with Crippen LogP contribution in [0.5, 0.6) is 0 Å². The van der Waals surface area contributed by atoms with E-state index in [1.54, 1.807) is 17.8 Å². The summed E-state index contributed by atoms with van der Waals surface area (Å²) >= 11 is 1.56. The smallest absolute Gasteiger partial charge is 0.177 e. The predicted molar refractivity (Wildman–Crippen MR) is 51.6 cm³/mol. The summed E-state index contributed by atoms with van der Waals surface area (Å²) in [6.07, 6.45) is 1.95. The van der Waals surface area contributed by atoms with E-state index in [0.29, 0.717) is 0 Å².